The second-order valence-electron chi connectivity index (χ2n) is 6.98. The maximum atomic E-state index is 12.8. The number of nitrogens with one attached hydrogen (secondary N) is 1. The van der Waals surface area contributed by atoms with Crippen molar-refractivity contribution in [3.63, 3.8) is 0 Å². The standard InChI is InChI=1S/C18H26ClN3O2/c1-11(2)6-17(23)21-14-4-5-16(19)15(8-14)18(24)22-10-13(9-20)7-12(22)3/h4-5,8,11-13H,6-7,9-10,20H2,1-3H3,(H,21,23). The molecular weight excluding hydrogens is 326 g/mol. The van der Waals surface area contributed by atoms with Crippen LogP contribution in [-0.4, -0.2) is 35.8 Å². The van der Waals surface area contributed by atoms with E-state index in [-0.39, 0.29) is 23.8 Å². The van der Waals surface area contributed by atoms with Crippen LogP contribution in [0.25, 0.3) is 0 Å². The lowest BCUT2D eigenvalue weighted by atomic mass is 10.1. The molecule has 0 aromatic heterocycles. The van der Waals surface area contributed by atoms with Gasteiger partial charge < -0.3 is 16.0 Å². The van der Waals surface area contributed by atoms with Gasteiger partial charge in [0, 0.05) is 24.7 Å². The van der Waals surface area contributed by atoms with E-state index in [1.165, 1.54) is 0 Å². The summed E-state index contributed by atoms with van der Waals surface area (Å²) in [5.41, 5.74) is 6.75. The number of likely N-dealkylation sites (tertiary alicyclic amines) is 1. The summed E-state index contributed by atoms with van der Waals surface area (Å²) in [6, 6.07) is 5.17. The second-order valence-corrected chi connectivity index (χ2v) is 7.39. The zero-order valence-corrected chi connectivity index (χ0v) is 15.3. The van der Waals surface area contributed by atoms with Crippen LogP contribution in [0.1, 0.15) is 44.0 Å². The molecule has 5 nitrogen and oxygen atoms in total. The molecule has 1 heterocycles. The van der Waals surface area contributed by atoms with Crippen molar-refractivity contribution < 1.29 is 9.59 Å². The monoisotopic (exact) mass is 351 g/mol. The van der Waals surface area contributed by atoms with E-state index in [1.807, 2.05) is 25.7 Å². The average Bonchev–Trinajstić information content (AvgIpc) is 2.89. The number of nitrogens with two attached hydrogens (primary N) is 1. The van der Waals surface area contributed by atoms with Gasteiger partial charge in [-0.05, 0) is 49.9 Å². The van der Waals surface area contributed by atoms with Gasteiger partial charge in [-0.15, -0.1) is 0 Å². The molecule has 1 aliphatic rings. The molecule has 1 saturated heterocycles. The van der Waals surface area contributed by atoms with Crippen LogP contribution in [0, 0.1) is 11.8 Å². The fourth-order valence-corrected chi connectivity index (χ4v) is 3.30. The normalized spacial score (nSPS) is 20.5. The van der Waals surface area contributed by atoms with Gasteiger partial charge >= 0.3 is 0 Å². The van der Waals surface area contributed by atoms with Crippen LogP contribution < -0.4 is 11.1 Å². The van der Waals surface area contributed by atoms with Gasteiger partial charge in [-0.3, -0.25) is 9.59 Å². The third-order valence-corrected chi connectivity index (χ3v) is 4.66. The fourth-order valence-electron chi connectivity index (χ4n) is 3.10. The molecule has 3 N–H and O–H groups in total. The molecule has 1 aromatic carbocycles. The van der Waals surface area contributed by atoms with Crippen LogP contribution in [0.4, 0.5) is 5.69 Å². The lowest BCUT2D eigenvalue weighted by Crippen LogP contribution is -2.34. The number of rotatable bonds is 5. The van der Waals surface area contributed by atoms with Gasteiger partial charge in [0.1, 0.15) is 0 Å². The molecule has 0 spiro atoms. The third-order valence-electron chi connectivity index (χ3n) is 4.33. The summed E-state index contributed by atoms with van der Waals surface area (Å²) in [5.74, 6) is 0.431. The molecule has 24 heavy (non-hydrogen) atoms. The summed E-state index contributed by atoms with van der Waals surface area (Å²) in [6.07, 6.45) is 1.35. The van der Waals surface area contributed by atoms with Crippen molar-refractivity contribution in [2.45, 2.75) is 39.7 Å². The maximum absolute atomic E-state index is 12.8. The SMILES string of the molecule is CC(C)CC(=O)Nc1ccc(Cl)c(C(=O)N2CC(CN)CC2C)c1. The molecule has 1 aliphatic heterocycles. The molecule has 1 aromatic rings. The first-order valence-electron chi connectivity index (χ1n) is 8.42. The zero-order valence-electron chi connectivity index (χ0n) is 14.5. The van der Waals surface area contributed by atoms with Gasteiger partial charge in [-0.25, -0.2) is 0 Å². The van der Waals surface area contributed by atoms with E-state index in [4.69, 9.17) is 17.3 Å². The van der Waals surface area contributed by atoms with E-state index < -0.39 is 0 Å². The predicted molar refractivity (Wildman–Crippen MR) is 97.2 cm³/mol. The number of anilines is 1. The van der Waals surface area contributed by atoms with Gasteiger partial charge in [0.25, 0.3) is 5.91 Å². The van der Waals surface area contributed by atoms with Crippen molar-refractivity contribution in [1.29, 1.82) is 0 Å². The summed E-state index contributed by atoms with van der Waals surface area (Å²) in [4.78, 5) is 26.6. The first-order chi connectivity index (χ1) is 11.3. The minimum absolute atomic E-state index is 0.0662. The Kier molecular flexibility index (Phi) is 6.24. The van der Waals surface area contributed by atoms with Crippen LogP contribution in [0.2, 0.25) is 5.02 Å². The van der Waals surface area contributed by atoms with E-state index in [9.17, 15) is 9.59 Å². The van der Waals surface area contributed by atoms with E-state index in [1.54, 1.807) is 18.2 Å². The zero-order chi connectivity index (χ0) is 17.9. The van der Waals surface area contributed by atoms with Crippen LogP contribution in [-0.2, 0) is 4.79 Å². The average molecular weight is 352 g/mol. The predicted octanol–water partition coefficient (Wildman–Crippen LogP) is 3.13. The van der Waals surface area contributed by atoms with Gasteiger partial charge in [-0.1, -0.05) is 25.4 Å². The van der Waals surface area contributed by atoms with Crippen molar-refractivity contribution in [2.24, 2.45) is 17.6 Å². The van der Waals surface area contributed by atoms with Crippen molar-refractivity contribution in [2.75, 3.05) is 18.4 Å². The Morgan fingerprint density at radius 1 is 1.42 bits per heavy atom. The summed E-state index contributed by atoms with van der Waals surface area (Å²) in [6.45, 7) is 7.22. The van der Waals surface area contributed by atoms with Crippen LogP contribution in [0.5, 0.6) is 0 Å². The number of carbonyl (C=O) groups is 2. The minimum Gasteiger partial charge on any atom is -0.336 e. The highest BCUT2D eigenvalue weighted by Gasteiger charge is 2.33. The largest absolute Gasteiger partial charge is 0.336 e. The molecule has 132 valence electrons. The number of amides is 2. The second kappa shape index (κ2) is 7.99. The molecule has 2 amide bonds. The third kappa shape index (κ3) is 4.48. The molecular formula is C18H26ClN3O2. The Hall–Kier alpha value is -1.59. The molecule has 0 radical (unpaired) electrons. The smallest absolute Gasteiger partial charge is 0.255 e. The van der Waals surface area contributed by atoms with E-state index in [2.05, 4.69) is 5.32 Å². The van der Waals surface area contributed by atoms with E-state index in [0.717, 1.165) is 6.42 Å². The molecule has 0 bridgehead atoms. The number of hydrogen-bond donors (Lipinski definition) is 2. The summed E-state index contributed by atoms with van der Waals surface area (Å²) in [7, 11) is 0. The van der Waals surface area contributed by atoms with Crippen molar-refractivity contribution in [3.05, 3.63) is 28.8 Å². The molecule has 1 fully saturated rings. The molecule has 2 unspecified atom stereocenters. The Morgan fingerprint density at radius 2 is 2.12 bits per heavy atom. The van der Waals surface area contributed by atoms with E-state index >= 15 is 0 Å². The highest BCUT2D eigenvalue weighted by Crippen LogP contribution is 2.28. The summed E-state index contributed by atoms with van der Waals surface area (Å²) < 4.78 is 0. The Morgan fingerprint density at radius 3 is 2.71 bits per heavy atom. The minimum atomic E-state index is -0.108. The van der Waals surface area contributed by atoms with Crippen molar-refractivity contribution in [1.82, 2.24) is 4.90 Å². The number of benzene rings is 1. The maximum Gasteiger partial charge on any atom is 0.255 e. The fraction of sp³-hybridized carbons (Fsp3) is 0.556. The highest BCUT2D eigenvalue weighted by atomic mass is 35.5. The number of carbonyl (C=O) groups excluding carboxylic acids is 2. The molecule has 6 heteroatoms. The quantitative estimate of drug-likeness (QED) is 0.855. The Labute approximate surface area is 148 Å². The molecule has 2 rings (SSSR count). The van der Waals surface area contributed by atoms with E-state index in [0.29, 0.717) is 41.7 Å². The molecule has 0 saturated carbocycles. The summed E-state index contributed by atoms with van der Waals surface area (Å²) in [5, 5.41) is 3.22. The van der Waals surface area contributed by atoms with Crippen LogP contribution in [0.3, 0.4) is 0 Å². The topological polar surface area (TPSA) is 75.4 Å². The van der Waals surface area contributed by atoms with Gasteiger partial charge in [-0.2, -0.15) is 0 Å². The van der Waals surface area contributed by atoms with Crippen molar-refractivity contribution >= 4 is 29.1 Å². The Balaban J connectivity index is 2.16. The highest BCUT2D eigenvalue weighted by molar-refractivity contribution is 6.34. The Bertz CT molecular complexity index is 618. The van der Waals surface area contributed by atoms with Gasteiger partial charge in [0.15, 0.2) is 0 Å². The number of hydrogen-bond acceptors (Lipinski definition) is 3. The number of halogens is 1. The first-order valence-corrected chi connectivity index (χ1v) is 8.80. The van der Waals surface area contributed by atoms with Gasteiger partial charge in [0.2, 0.25) is 5.91 Å². The first kappa shape index (κ1) is 18.7. The van der Waals surface area contributed by atoms with Crippen LogP contribution in [0.15, 0.2) is 18.2 Å². The molecule has 0 aliphatic carbocycles. The lowest BCUT2D eigenvalue weighted by Gasteiger charge is -2.22. The molecule has 2 atom stereocenters. The van der Waals surface area contributed by atoms with Crippen LogP contribution >= 0.6 is 11.6 Å². The van der Waals surface area contributed by atoms with Gasteiger partial charge in [0.05, 0.1) is 10.6 Å². The lowest BCUT2D eigenvalue weighted by molar-refractivity contribution is -0.116. The van der Waals surface area contributed by atoms with Crippen molar-refractivity contribution in [3.8, 4) is 0 Å². The number of nitrogens with zero attached hydrogens (tertiary/aromatic N) is 1. The summed E-state index contributed by atoms with van der Waals surface area (Å²) >= 11 is 6.22.